The van der Waals surface area contributed by atoms with E-state index in [0.717, 1.165) is 80.7 Å². The van der Waals surface area contributed by atoms with Crippen LogP contribution in [0.5, 0.6) is 0 Å². The first-order chi connectivity index (χ1) is 29.0. The molecule has 6 heteroatoms. The summed E-state index contributed by atoms with van der Waals surface area (Å²) >= 11 is 7.13. The van der Waals surface area contributed by atoms with Gasteiger partial charge in [-0.1, -0.05) is 127 Å². The summed E-state index contributed by atoms with van der Waals surface area (Å²) in [7, 11) is 0. The average molecular weight is 787 g/mol. The predicted octanol–water partition coefficient (Wildman–Crippen LogP) is 14.6. The van der Waals surface area contributed by atoms with Crippen LogP contribution in [-0.4, -0.2) is 9.13 Å². The fourth-order valence-electron chi connectivity index (χ4n) is 9.66. The summed E-state index contributed by atoms with van der Waals surface area (Å²) in [4.78, 5) is 0.812. The van der Waals surface area contributed by atoms with E-state index in [1.54, 1.807) is 11.3 Å². The molecule has 59 heavy (non-hydrogen) atoms. The molecule has 274 valence electrons. The summed E-state index contributed by atoms with van der Waals surface area (Å²) in [5.41, 5.74) is 9.39. The van der Waals surface area contributed by atoms with E-state index >= 15 is 0 Å². The fraction of sp³-hybridized carbons (Fsp3) is 0.0189. The Morgan fingerprint density at radius 2 is 1.03 bits per heavy atom. The number of nitrogens with zero attached hydrogens (tertiary/aromatic N) is 4. The Balaban J connectivity index is 1.17. The van der Waals surface area contributed by atoms with Crippen LogP contribution in [0.15, 0.2) is 163 Å². The standard InChI is InChI=1S/C53H30N4S2/c1-30-18-19-31-10-2-4-12-35(31)48(30)41-23-21-39-37-14-6-8-16-43(37)56(50(39)52(41)58)45-26-34(29-55)46(27-33(45)28-54)57-44-17-9-7-15-38(44)40-22-24-42-49-36-13-5-3-11-32(36)20-25-47(49)59-53(42)51(40)57/h2-27,58H,1H3. The molecule has 12 aromatic rings. The van der Waals surface area contributed by atoms with Gasteiger partial charge in [-0.3, -0.25) is 0 Å². The molecule has 0 fully saturated rings. The Kier molecular flexibility index (Phi) is 7.19. The van der Waals surface area contributed by atoms with E-state index in [1.165, 1.54) is 26.2 Å². The molecule has 3 aromatic heterocycles. The van der Waals surface area contributed by atoms with Gasteiger partial charge in [0.15, 0.2) is 0 Å². The van der Waals surface area contributed by atoms with Crippen LogP contribution < -0.4 is 0 Å². The van der Waals surface area contributed by atoms with Crippen molar-refractivity contribution in [3.05, 3.63) is 174 Å². The van der Waals surface area contributed by atoms with E-state index in [4.69, 9.17) is 12.6 Å². The Labute approximate surface area is 348 Å². The minimum Gasteiger partial charge on any atom is -0.307 e. The normalized spacial score (nSPS) is 11.9. The maximum Gasteiger partial charge on any atom is 0.101 e. The summed E-state index contributed by atoms with van der Waals surface area (Å²) in [6.07, 6.45) is 0. The third-order valence-corrected chi connectivity index (χ3v) is 13.8. The second-order valence-corrected chi connectivity index (χ2v) is 16.8. The van der Waals surface area contributed by atoms with Gasteiger partial charge in [-0.25, -0.2) is 0 Å². The number of fused-ring (bicyclic) bond motifs is 13. The third kappa shape index (κ3) is 4.64. The molecule has 0 radical (unpaired) electrons. The summed E-state index contributed by atoms with van der Waals surface area (Å²) in [6, 6.07) is 60.2. The van der Waals surface area contributed by atoms with E-state index in [9.17, 15) is 10.5 Å². The smallest absolute Gasteiger partial charge is 0.101 e. The number of thiophene rings is 1. The first-order valence-corrected chi connectivity index (χ1v) is 20.8. The lowest BCUT2D eigenvalue weighted by molar-refractivity contribution is 1.12. The molecule has 0 atom stereocenters. The van der Waals surface area contributed by atoms with Crippen molar-refractivity contribution < 1.29 is 0 Å². The van der Waals surface area contributed by atoms with E-state index in [-0.39, 0.29) is 0 Å². The van der Waals surface area contributed by atoms with Crippen LogP contribution in [0.25, 0.3) is 108 Å². The first-order valence-electron chi connectivity index (χ1n) is 19.5. The summed E-state index contributed by atoms with van der Waals surface area (Å²) in [5, 5.41) is 33.7. The lowest BCUT2D eigenvalue weighted by atomic mass is 9.93. The van der Waals surface area contributed by atoms with Crippen LogP contribution in [0.4, 0.5) is 0 Å². The van der Waals surface area contributed by atoms with Gasteiger partial charge in [0.1, 0.15) is 12.1 Å². The zero-order valence-corrected chi connectivity index (χ0v) is 33.4. The molecule has 0 aliphatic heterocycles. The highest BCUT2D eigenvalue weighted by atomic mass is 32.1. The van der Waals surface area contributed by atoms with Crippen molar-refractivity contribution in [1.29, 1.82) is 10.5 Å². The number of hydrogen-bond acceptors (Lipinski definition) is 4. The van der Waals surface area contributed by atoms with Gasteiger partial charge in [0.25, 0.3) is 0 Å². The maximum atomic E-state index is 11.1. The Bertz CT molecular complexity index is 3900. The number of hydrogen-bond donors (Lipinski definition) is 1. The lowest BCUT2D eigenvalue weighted by Gasteiger charge is -2.18. The largest absolute Gasteiger partial charge is 0.307 e. The zero-order valence-electron chi connectivity index (χ0n) is 31.7. The minimum atomic E-state index is 0.460. The number of aromatic nitrogens is 2. The zero-order chi connectivity index (χ0) is 39.5. The molecule has 12 rings (SSSR count). The molecule has 0 amide bonds. The van der Waals surface area contributed by atoms with E-state index in [1.807, 2.05) is 30.3 Å². The third-order valence-electron chi connectivity index (χ3n) is 12.2. The number of thiol groups is 1. The Morgan fingerprint density at radius 3 is 1.71 bits per heavy atom. The van der Waals surface area contributed by atoms with E-state index < -0.39 is 0 Å². The predicted molar refractivity (Wildman–Crippen MR) is 250 cm³/mol. The Morgan fingerprint density at radius 1 is 0.508 bits per heavy atom. The molecule has 0 unspecified atom stereocenters. The van der Waals surface area contributed by atoms with Gasteiger partial charge in [-0.2, -0.15) is 10.5 Å². The topological polar surface area (TPSA) is 57.4 Å². The van der Waals surface area contributed by atoms with Crippen molar-refractivity contribution in [1.82, 2.24) is 9.13 Å². The van der Waals surface area contributed by atoms with Gasteiger partial charge in [-0.15, -0.1) is 24.0 Å². The maximum absolute atomic E-state index is 11.1. The van der Waals surface area contributed by atoms with Crippen molar-refractivity contribution in [2.75, 3.05) is 0 Å². The molecule has 3 heterocycles. The minimum absolute atomic E-state index is 0.460. The molecule has 0 aliphatic carbocycles. The van der Waals surface area contributed by atoms with Gasteiger partial charge in [0.05, 0.1) is 49.3 Å². The molecule has 0 saturated heterocycles. The summed E-state index contributed by atoms with van der Waals surface area (Å²) in [6.45, 7) is 2.14. The number of benzene rings is 9. The fourth-order valence-corrected chi connectivity index (χ4v) is 11.3. The van der Waals surface area contributed by atoms with Gasteiger partial charge in [-0.05, 0) is 75.5 Å². The first kappa shape index (κ1) is 33.8. The lowest BCUT2D eigenvalue weighted by Crippen LogP contribution is -2.04. The van der Waals surface area contributed by atoms with E-state index in [2.05, 4.69) is 156 Å². The van der Waals surface area contributed by atoms with Crippen molar-refractivity contribution in [3.63, 3.8) is 0 Å². The average Bonchev–Trinajstić information content (AvgIpc) is 3.95. The van der Waals surface area contributed by atoms with Crippen LogP contribution in [0.1, 0.15) is 16.7 Å². The highest BCUT2D eigenvalue weighted by Crippen LogP contribution is 2.47. The number of aryl methyl sites for hydroxylation is 1. The Hall–Kier alpha value is -7.35. The van der Waals surface area contributed by atoms with Crippen molar-refractivity contribution in [2.24, 2.45) is 0 Å². The molecule has 0 spiro atoms. The second-order valence-electron chi connectivity index (χ2n) is 15.3. The van der Waals surface area contributed by atoms with Gasteiger partial charge < -0.3 is 9.13 Å². The molecule has 9 aromatic carbocycles. The number of rotatable bonds is 3. The monoisotopic (exact) mass is 786 g/mol. The molecule has 4 nitrogen and oxygen atoms in total. The molecule has 0 aliphatic rings. The van der Waals surface area contributed by atoms with Crippen molar-refractivity contribution in [2.45, 2.75) is 11.8 Å². The highest BCUT2D eigenvalue weighted by molar-refractivity contribution is 7.80. The van der Waals surface area contributed by atoms with Crippen molar-refractivity contribution in [3.8, 4) is 34.6 Å². The van der Waals surface area contributed by atoms with Crippen LogP contribution in [0.3, 0.4) is 0 Å². The quantitative estimate of drug-likeness (QED) is 0.181. The summed E-state index contributed by atoms with van der Waals surface area (Å²) in [5.74, 6) is 0. The van der Waals surface area contributed by atoms with Crippen LogP contribution in [0.2, 0.25) is 0 Å². The molecular weight excluding hydrogens is 757 g/mol. The molecular formula is C53H30N4S2. The number of nitriles is 2. The van der Waals surface area contributed by atoms with Crippen LogP contribution in [0, 0.1) is 29.6 Å². The van der Waals surface area contributed by atoms with Gasteiger partial charge in [0.2, 0.25) is 0 Å². The molecule has 0 bridgehead atoms. The second kappa shape index (κ2) is 12.6. The highest BCUT2D eigenvalue weighted by Gasteiger charge is 2.25. The number of para-hydroxylation sites is 2. The van der Waals surface area contributed by atoms with Crippen molar-refractivity contribution >= 4 is 109 Å². The SMILES string of the molecule is Cc1ccc2ccccc2c1-c1ccc2c3ccccc3n(-c3cc(C#N)c(-n4c5ccccc5c5ccc6c(sc7ccc8ccccc8c76)c54)cc3C#N)c2c1S. The van der Waals surface area contributed by atoms with E-state index in [0.29, 0.717) is 22.5 Å². The van der Waals surface area contributed by atoms with Crippen LogP contribution in [-0.2, 0) is 0 Å². The van der Waals surface area contributed by atoms with Crippen LogP contribution >= 0.6 is 24.0 Å². The molecule has 0 saturated carbocycles. The van der Waals surface area contributed by atoms with Gasteiger partial charge in [0, 0.05) is 41.9 Å². The molecule has 0 N–H and O–H groups in total. The van der Waals surface area contributed by atoms with Gasteiger partial charge >= 0.3 is 0 Å². The summed E-state index contributed by atoms with van der Waals surface area (Å²) < 4.78 is 6.71.